The molecular weight excluding hydrogens is 365 g/mol. The monoisotopic (exact) mass is 373 g/mol. The molecule has 5 nitrogen and oxygen atoms in total. The Bertz CT molecular complexity index is 808. The fraction of sp³-hybridized carbons (Fsp3) is 0. The van der Waals surface area contributed by atoms with E-state index in [0.29, 0.717) is 0 Å². The molecule has 0 spiro atoms. The molecule has 2 rings (SSSR count). The molecule has 0 unspecified atom stereocenters. The molecule has 0 amide bonds. The highest BCUT2D eigenvalue weighted by atomic mass is 79.9. The summed E-state index contributed by atoms with van der Waals surface area (Å²) in [6.07, 6.45) is 0. The third-order valence-electron chi connectivity index (χ3n) is 2.56. The Morgan fingerprint density at radius 1 is 1.19 bits per heavy atom. The molecule has 8 heteroatoms. The van der Waals surface area contributed by atoms with E-state index in [9.17, 15) is 17.6 Å². The molecule has 2 N–H and O–H groups in total. The first-order valence-corrected chi connectivity index (χ1v) is 7.88. The van der Waals surface area contributed by atoms with Crippen LogP contribution in [0, 0.1) is 5.82 Å². The van der Waals surface area contributed by atoms with Crippen LogP contribution in [0.3, 0.4) is 0 Å². The summed E-state index contributed by atoms with van der Waals surface area (Å²) < 4.78 is 40.0. The van der Waals surface area contributed by atoms with Gasteiger partial charge in [0.15, 0.2) is 0 Å². The maximum Gasteiger partial charge on any atom is 0.335 e. The zero-order chi connectivity index (χ0) is 15.6. The van der Waals surface area contributed by atoms with Gasteiger partial charge in [-0.2, -0.15) is 0 Å². The van der Waals surface area contributed by atoms with Crippen LogP contribution in [-0.2, 0) is 10.0 Å². The van der Waals surface area contributed by atoms with Gasteiger partial charge < -0.3 is 5.11 Å². The van der Waals surface area contributed by atoms with E-state index in [2.05, 4.69) is 20.7 Å². The molecule has 0 fully saturated rings. The van der Waals surface area contributed by atoms with Crippen molar-refractivity contribution in [2.45, 2.75) is 4.90 Å². The summed E-state index contributed by atoms with van der Waals surface area (Å²) in [7, 11) is -3.99. The first-order valence-electron chi connectivity index (χ1n) is 5.61. The van der Waals surface area contributed by atoms with Crippen molar-refractivity contribution < 1.29 is 22.7 Å². The molecule has 0 aliphatic rings. The average Bonchev–Trinajstić information content (AvgIpc) is 2.43. The SMILES string of the molecule is O=C(O)c1cccc(S(=O)(=O)Nc2ccc(Br)c(F)c2)c1. The van der Waals surface area contributed by atoms with Crippen molar-refractivity contribution in [3.05, 3.63) is 58.3 Å². The highest BCUT2D eigenvalue weighted by molar-refractivity contribution is 9.10. The van der Waals surface area contributed by atoms with Crippen LogP contribution < -0.4 is 4.72 Å². The van der Waals surface area contributed by atoms with Gasteiger partial charge >= 0.3 is 5.97 Å². The first-order chi connectivity index (χ1) is 9.79. The summed E-state index contributed by atoms with van der Waals surface area (Å²) in [5.74, 6) is -1.85. The van der Waals surface area contributed by atoms with Crippen molar-refractivity contribution in [3.63, 3.8) is 0 Å². The predicted octanol–water partition coefficient (Wildman–Crippen LogP) is 3.09. The van der Waals surface area contributed by atoms with E-state index in [-0.39, 0.29) is 20.6 Å². The normalized spacial score (nSPS) is 11.1. The predicted molar refractivity (Wildman–Crippen MR) is 78.3 cm³/mol. The molecule has 21 heavy (non-hydrogen) atoms. The topological polar surface area (TPSA) is 83.5 Å². The van der Waals surface area contributed by atoms with E-state index in [1.165, 1.54) is 30.3 Å². The minimum atomic E-state index is -3.99. The fourth-order valence-electron chi connectivity index (χ4n) is 1.57. The van der Waals surface area contributed by atoms with Gasteiger partial charge in [-0.15, -0.1) is 0 Å². The van der Waals surface area contributed by atoms with Crippen LogP contribution in [-0.4, -0.2) is 19.5 Å². The summed E-state index contributed by atoms with van der Waals surface area (Å²) in [5.41, 5.74) is -0.115. The van der Waals surface area contributed by atoms with E-state index in [4.69, 9.17) is 5.11 Å². The van der Waals surface area contributed by atoms with Crippen LogP contribution >= 0.6 is 15.9 Å². The number of anilines is 1. The molecule has 0 aliphatic carbocycles. The molecular formula is C13H9BrFNO4S. The number of hydrogen-bond acceptors (Lipinski definition) is 3. The number of aromatic carboxylic acids is 1. The van der Waals surface area contributed by atoms with Crippen LogP contribution in [0.4, 0.5) is 10.1 Å². The molecule has 2 aromatic carbocycles. The molecule has 0 heterocycles. The van der Waals surface area contributed by atoms with Gasteiger partial charge in [0.25, 0.3) is 10.0 Å². The summed E-state index contributed by atoms with van der Waals surface area (Å²) in [5, 5.41) is 8.86. The van der Waals surface area contributed by atoms with Crippen molar-refractivity contribution >= 4 is 37.6 Å². The Labute approximate surface area is 128 Å². The van der Waals surface area contributed by atoms with Gasteiger partial charge in [0.2, 0.25) is 0 Å². The lowest BCUT2D eigenvalue weighted by Gasteiger charge is -2.09. The highest BCUT2D eigenvalue weighted by Crippen LogP contribution is 2.22. The maximum absolute atomic E-state index is 13.4. The smallest absolute Gasteiger partial charge is 0.335 e. The second-order valence-corrected chi connectivity index (χ2v) is 6.60. The third kappa shape index (κ3) is 3.59. The van der Waals surface area contributed by atoms with Gasteiger partial charge in [-0.25, -0.2) is 17.6 Å². The van der Waals surface area contributed by atoms with Gasteiger partial charge in [0.1, 0.15) is 5.82 Å². The zero-order valence-electron chi connectivity index (χ0n) is 10.4. The second-order valence-electron chi connectivity index (χ2n) is 4.07. The number of carboxylic acids is 1. The van der Waals surface area contributed by atoms with E-state index in [0.717, 1.165) is 12.1 Å². The van der Waals surface area contributed by atoms with Crippen LogP contribution in [0.25, 0.3) is 0 Å². The summed E-state index contributed by atoms with van der Waals surface area (Å²) in [4.78, 5) is 10.6. The Morgan fingerprint density at radius 3 is 2.52 bits per heavy atom. The number of hydrogen-bond donors (Lipinski definition) is 2. The lowest BCUT2D eigenvalue weighted by Crippen LogP contribution is -2.13. The number of carboxylic acid groups (broad SMARTS) is 1. The summed E-state index contributed by atoms with van der Waals surface area (Å²) >= 11 is 2.96. The molecule has 0 aromatic heterocycles. The summed E-state index contributed by atoms with van der Waals surface area (Å²) in [6.45, 7) is 0. The van der Waals surface area contributed by atoms with E-state index < -0.39 is 21.8 Å². The first kappa shape index (κ1) is 15.5. The molecule has 0 radical (unpaired) electrons. The quantitative estimate of drug-likeness (QED) is 0.862. The number of benzene rings is 2. The second kappa shape index (κ2) is 5.82. The molecule has 110 valence electrons. The van der Waals surface area contributed by atoms with Gasteiger partial charge in [-0.05, 0) is 52.3 Å². The molecule has 0 atom stereocenters. The van der Waals surface area contributed by atoms with Crippen LogP contribution in [0.15, 0.2) is 51.8 Å². The van der Waals surface area contributed by atoms with Crippen LogP contribution in [0.1, 0.15) is 10.4 Å². The maximum atomic E-state index is 13.4. The number of sulfonamides is 1. The van der Waals surface area contributed by atoms with E-state index in [1.807, 2.05) is 0 Å². The molecule has 0 bridgehead atoms. The third-order valence-corrected chi connectivity index (χ3v) is 4.59. The lowest BCUT2D eigenvalue weighted by molar-refractivity contribution is 0.0696. The van der Waals surface area contributed by atoms with Crippen molar-refractivity contribution in [2.24, 2.45) is 0 Å². The van der Waals surface area contributed by atoms with Gasteiger partial charge in [0.05, 0.1) is 20.6 Å². The van der Waals surface area contributed by atoms with Crippen molar-refractivity contribution in [1.29, 1.82) is 0 Å². The van der Waals surface area contributed by atoms with Crippen molar-refractivity contribution in [2.75, 3.05) is 4.72 Å². The molecule has 0 aliphatic heterocycles. The number of carbonyl (C=O) groups is 1. The number of nitrogens with one attached hydrogen (secondary N) is 1. The minimum Gasteiger partial charge on any atom is -0.478 e. The van der Waals surface area contributed by atoms with Gasteiger partial charge in [0, 0.05) is 0 Å². The van der Waals surface area contributed by atoms with Crippen LogP contribution in [0.5, 0.6) is 0 Å². The minimum absolute atomic E-state index is 0.0384. The van der Waals surface area contributed by atoms with Crippen molar-refractivity contribution in [1.82, 2.24) is 0 Å². The van der Waals surface area contributed by atoms with Gasteiger partial charge in [-0.3, -0.25) is 4.72 Å². The van der Waals surface area contributed by atoms with E-state index in [1.54, 1.807) is 0 Å². The Balaban J connectivity index is 2.36. The largest absolute Gasteiger partial charge is 0.478 e. The highest BCUT2D eigenvalue weighted by Gasteiger charge is 2.16. The molecule has 2 aromatic rings. The number of rotatable bonds is 4. The Morgan fingerprint density at radius 2 is 1.90 bits per heavy atom. The lowest BCUT2D eigenvalue weighted by atomic mass is 10.2. The summed E-state index contributed by atoms with van der Waals surface area (Å²) in [6, 6.07) is 8.64. The number of halogens is 2. The average molecular weight is 374 g/mol. The fourth-order valence-corrected chi connectivity index (χ4v) is 2.91. The molecule has 0 saturated heterocycles. The van der Waals surface area contributed by atoms with Crippen molar-refractivity contribution in [3.8, 4) is 0 Å². The standard InChI is InChI=1S/C13H9BrFNO4S/c14-11-5-4-9(7-12(11)15)16-21(19,20)10-3-1-2-8(6-10)13(17)18/h1-7,16H,(H,17,18). The van der Waals surface area contributed by atoms with Gasteiger partial charge in [-0.1, -0.05) is 6.07 Å². The van der Waals surface area contributed by atoms with E-state index >= 15 is 0 Å². The van der Waals surface area contributed by atoms with Crippen LogP contribution in [0.2, 0.25) is 0 Å². The zero-order valence-corrected chi connectivity index (χ0v) is 12.8. The Hall–Kier alpha value is -1.93. The Kier molecular flexibility index (Phi) is 4.29. The molecule has 0 saturated carbocycles.